The van der Waals surface area contributed by atoms with Crippen LogP contribution in [0.15, 0.2) is 12.1 Å². The number of aliphatic carboxylic acids is 1. The third kappa shape index (κ3) is 3.09. The van der Waals surface area contributed by atoms with Gasteiger partial charge in [0.15, 0.2) is 6.10 Å². The number of fused-ring (bicyclic) bond motifs is 1. The van der Waals surface area contributed by atoms with Crippen LogP contribution in [0.4, 0.5) is 13.2 Å². The lowest BCUT2D eigenvalue weighted by Crippen LogP contribution is -2.40. The Morgan fingerprint density at radius 3 is 2.53 bits per heavy atom. The van der Waals surface area contributed by atoms with E-state index < -0.39 is 30.6 Å². The molecule has 8 heteroatoms. The molecule has 2 unspecified atom stereocenters. The van der Waals surface area contributed by atoms with Crippen LogP contribution in [0.5, 0.6) is 5.75 Å². The van der Waals surface area contributed by atoms with Gasteiger partial charge in [-0.05, 0) is 57.3 Å². The minimum absolute atomic E-state index is 0.0296. The first-order valence-corrected chi connectivity index (χ1v) is 7.31. The van der Waals surface area contributed by atoms with Gasteiger partial charge in [-0.3, -0.25) is 4.79 Å². The van der Waals surface area contributed by atoms with E-state index in [0.29, 0.717) is 9.13 Å². The molecule has 1 aliphatic heterocycles. The highest BCUT2D eigenvalue weighted by molar-refractivity contribution is 14.1. The van der Waals surface area contributed by atoms with Crippen LogP contribution in [0, 0.1) is 7.14 Å². The normalized spacial score (nSPS) is 22.6. The van der Waals surface area contributed by atoms with Crippen molar-refractivity contribution in [2.24, 2.45) is 0 Å². The van der Waals surface area contributed by atoms with Gasteiger partial charge in [-0.25, -0.2) is 0 Å². The molecule has 0 bridgehead atoms. The smallest absolute Gasteiger partial charge is 0.425 e. The Labute approximate surface area is 133 Å². The largest absolute Gasteiger partial charge is 0.481 e. The molecule has 0 aromatic heterocycles. The van der Waals surface area contributed by atoms with Gasteiger partial charge >= 0.3 is 12.1 Å². The SMILES string of the molecule is O=C(O)C1CC(C(F)(F)F)Oc2c(I)cc(I)cc21. The summed E-state index contributed by atoms with van der Waals surface area (Å²) < 4.78 is 44.5. The second-order valence-corrected chi connectivity index (χ2v) is 6.49. The van der Waals surface area contributed by atoms with Crippen LogP contribution < -0.4 is 4.74 Å². The summed E-state index contributed by atoms with van der Waals surface area (Å²) in [4.78, 5) is 11.2. The van der Waals surface area contributed by atoms with E-state index in [1.807, 2.05) is 45.2 Å². The highest BCUT2D eigenvalue weighted by Crippen LogP contribution is 2.44. The molecule has 1 heterocycles. The average Bonchev–Trinajstić information content (AvgIpc) is 2.25. The maximum atomic E-state index is 12.8. The van der Waals surface area contributed by atoms with Crippen molar-refractivity contribution in [3.8, 4) is 5.75 Å². The number of hydrogen-bond acceptors (Lipinski definition) is 2. The summed E-state index contributed by atoms with van der Waals surface area (Å²) in [5.74, 6) is -2.43. The Bertz CT molecular complexity index is 531. The summed E-state index contributed by atoms with van der Waals surface area (Å²) in [6, 6.07) is 3.21. The Balaban J connectivity index is 2.53. The maximum Gasteiger partial charge on any atom is 0.425 e. The highest BCUT2D eigenvalue weighted by Gasteiger charge is 2.48. The van der Waals surface area contributed by atoms with Crippen molar-refractivity contribution in [2.75, 3.05) is 0 Å². The third-order valence-electron chi connectivity index (χ3n) is 2.79. The molecule has 2 rings (SSSR count). The average molecular weight is 498 g/mol. The summed E-state index contributed by atoms with van der Waals surface area (Å²) in [5.41, 5.74) is 0.310. The fourth-order valence-corrected chi connectivity index (χ4v) is 3.95. The van der Waals surface area contributed by atoms with Crippen molar-refractivity contribution >= 4 is 51.2 Å². The molecule has 2 atom stereocenters. The van der Waals surface area contributed by atoms with Gasteiger partial charge in [0.05, 0.1) is 9.49 Å². The zero-order valence-electron chi connectivity index (χ0n) is 9.17. The van der Waals surface area contributed by atoms with Gasteiger partial charge in [-0.2, -0.15) is 13.2 Å². The molecule has 0 amide bonds. The maximum absolute atomic E-state index is 12.8. The summed E-state index contributed by atoms with van der Waals surface area (Å²) in [6.07, 6.45) is -7.24. The third-order valence-corrected chi connectivity index (χ3v) is 4.21. The number of alkyl halides is 3. The van der Waals surface area contributed by atoms with Crippen molar-refractivity contribution in [1.29, 1.82) is 0 Å². The van der Waals surface area contributed by atoms with Crippen LogP contribution in [0.3, 0.4) is 0 Å². The Hall–Kier alpha value is -0.260. The molecule has 1 N–H and O–H groups in total. The van der Waals surface area contributed by atoms with Crippen molar-refractivity contribution in [3.05, 3.63) is 24.8 Å². The van der Waals surface area contributed by atoms with E-state index in [9.17, 15) is 18.0 Å². The molecule has 0 aliphatic carbocycles. The summed E-state index contributed by atoms with van der Waals surface area (Å²) >= 11 is 3.84. The van der Waals surface area contributed by atoms with Gasteiger partial charge in [0.1, 0.15) is 5.75 Å². The molecule has 3 nitrogen and oxygen atoms in total. The van der Waals surface area contributed by atoms with Crippen LogP contribution in [0.1, 0.15) is 17.9 Å². The van der Waals surface area contributed by atoms with Crippen LogP contribution in [-0.4, -0.2) is 23.4 Å². The van der Waals surface area contributed by atoms with Gasteiger partial charge in [-0.1, -0.05) is 0 Å². The zero-order valence-corrected chi connectivity index (χ0v) is 13.5. The van der Waals surface area contributed by atoms with E-state index in [0.717, 1.165) is 3.57 Å². The van der Waals surface area contributed by atoms with Crippen molar-refractivity contribution in [3.63, 3.8) is 0 Å². The van der Waals surface area contributed by atoms with E-state index in [2.05, 4.69) is 0 Å². The van der Waals surface area contributed by atoms with Gasteiger partial charge in [0, 0.05) is 15.6 Å². The quantitative estimate of drug-likeness (QED) is 0.601. The summed E-state index contributed by atoms with van der Waals surface area (Å²) in [5, 5.41) is 9.12. The molecule has 1 aliphatic rings. The lowest BCUT2D eigenvalue weighted by atomic mass is 9.89. The fraction of sp³-hybridized carbons (Fsp3) is 0.364. The first-order valence-electron chi connectivity index (χ1n) is 5.15. The van der Waals surface area contributed by atoms with Crippen molar-refractivity contribution < 1.29 is 27.8 Å². The number of carboxylic acids is 1. The van der Waals surface area contributed by atoms with E-state index >= 15 is 0 Å². The summed E-state index contributed by atoms with van der Waals surface area (Å²) in [7, 11) is 0. The minimum atomic E-state index is -4.57. The second kappa shape index (κ2) is 5.26. The number of carbonyl (C=O) groups is 1. The highest BCUT2D eigenvalue weighted by atomic mass is 127. The Kier molecular flexibility index (Phi) is 4.19. The van der Waals surface area contributed by atoms with E-state index in [-0.39, 0.29) is 5.75 Å². The Morgan fingerprint density at radius 1 is 1.37 bits per heavy atom. The molecule has 0 spiro atoms. The van der Waals surface area contributed by atoms with Crippen molar-refractivity contribution in [1.82, 2.24) is 0 Å². The first-order chi connectivity index (χ1) is 8.70. The predicted octanol–water partition coefficient (Wildman–Crippen LogP) is 3.78. The molecule has 0 saturated heterocycles. The molecule has 1 aromatic carbocycles. The first kappa shape index (κ1) is 15.1. The molecular weight excluding hydrogens is 491 g/mol. The van der Waals surface area contributed by atoms with E-state index in [1.165, 1.54) is 0 Å². The predicted molar refractivity (Wildman–Crippen MR) is 77.3 cm³/mol. The fourth-order valence-electron chi connectivity index (χ4n) is 1.93. The topological polar surface area (TPSA) is 46.5 Å². The summed E-state index contributed by atoms with van der Waals surface area (Å²) in [6.45, 7) is 0. The molecule has 104 valence electrons. The minimum Gasteiger partial charge on any atom is -0.481 e. The van der Waals surface area contributed by atoms with Gasteiger partial charge < -0.3 is 9.84 Å². The standard InChI is InChI=1S/C11H7F3I2O3/c12-11(13,14)8-3-6(10(17)18)5-1-4(15)2-7(16)9(5)19-8/h1-2,6,8H,3H2,(H,17,18). The van der Waals surface area contributed by atoms with Gasteiger partial charge in [0.25, 0.3) is 0 Å². The number of carboxylic acid groups (broad SMARTS) is 1. The molecule has 0 radical (unpaired) electrons. The monoisotopic (exact) mass is 498 g/mol. The van der Waals surface area contributed by atoms with E-state index in [4.69, 9.17) is 9.84 Å². The van der Waals surface area contributed by atoms with E-state index in [1.54, 1.807) is 12.1 Å². The number of benzene rings is 1. The Morgan fingerprint density at radius 2 is 2.00 bits per heavy atom. The lowest BCUT2D eigenvalue weighted by molar-refractivity contribution is -0.202. The molecule has 19 heavy (non-hydrogen) atoms. The number of hydrogen-bond donors (Lipinski definition) is 1. The molecule has 0 saturated carbocycles. The van der Waals surface area contributed by atoms with Crippen LogP contribution >= 0.6 is 45.2 Å². The second-order valence-electron chi connectivity index (χ2n) is 4.08. The molecule has 1 aromatic rings. The number of halogens is 5. The molecular formula is C11H7F3I2O3. The lowest BCUT2D eigenvalue weighted by Gasteiger charge is -2.32. The van der Waals surface area contributed by atoms with Gasteiger partial charge in [-0.15, -0.1) is 0 Å². The van der Waals surface area contributed by atoms with Gasteiger partial charge in [0.2, 0.25) is 0 Å². The number of rotatable bonds is 1. The van der Waals surface area contributed by atoms with Crippen LogP contribution in [0.2, 0.25) is 0 Å². The molecule has 0 fully saturated rings. The zero-order chi connectivity index (χ0) is 14.4. The number of ether oxygens (including phenoxy) is 1. The van der Waals surface area contributed by atoms with Crippen molar-refractivity contribution in [2.45, 2.75) is 24.6 Å². The van der Waals surface area contributed by atoms with Crippen LogP contribution in [-0.2, 0) is 4.79 Å². The van der Waals surface area contributed by atoms with Crippen LogP contribution in [0.25, 0.3) is 0 Å².